The molecular weight excluding hydrogens is 300 g/mol. The smallest absolute Gasteiger partial charge is 0.217 e. The van der Waals surface area contributed by atoms with Gasteiger partial charge in [0.05, 0.1) is 6.10 Å². The van der Waals surface area contributed by atoms with Gasteiger partial charge in [-0.1, -0.05) is 18.2 Å². The average Bonchev–Trinajstić information content (AvgIpc) is 2.51. The van der Waals surface area contributed by atoms with Crippen molar-refractivity contribution < 1.29 is 9.53 Å². The molecule has 1 aliphatic heterocycles. The molecule has 132 valence electrons. The lowest BCUT2D eigenvalue weighted by Crippen LogP contribution is -2.43. The van der Waals surface area contributed by atoms with E-state index in [1.165, 1.54) is 11.1 Å². The quantitative estimate of drug-likeness (QED) is 0.780. The molecule has 1 saturated heterocycles. The van der Waals surface area contributed by atoms with Crippen LogP contribution in [0.5, 0.6) is 5.75 Å². The number of benzene rings is 1. The lowest BCUT2D eigenvalue weighted by atomic mass is 10.0. The Kier molecular flexibility index (Phi) is 6.85. The average molecular weight is 330 g/mol. The third-order valence-corrected chi connectivity index (χ3v) is 4.25. The number of allylic oxidation sites excluding steroid dienone is 1. The van der Waals surface area contributed by atoms with Crippen molar-refractivity contribution in [1.82, 2.24) is 10.2 Å². The van der Waals surface area contributed by atoms with E-state index >= 15 is 0 Å². The SMILES string of the molecule is C=CCc1cc(CN2CCC(NC(C)=O)CC2)ccc1OC(C)C. The standard InChI is InChI=1S/C20H30N2O2/c1-5-6-18-13-17(7-8-20(18)24-15(2)3)14-22-11-9-19(10-12-22)21-16(4)23/h5,7-8,13,15,19H,1,6,9-12,14H2,2-4H3,(H,21,23). The fraction of sp³-hybridized carbons (Fsp3) is 0.550. The zero-order valence-electron chi connectivity index (χ0n) is 15.2. The minimum Gasteiger partial charge on any atom is -0.491 e. The van der Waals surface area contributed by atoms with E-state index in [1.807, 2.05) is 19.9 Å². The molecule has 0 saturated carbocycles. The zero-order valence-corrected chi connectivity index (χ0v) is 15.2. The molecule has 1 aromatic rings. The lowest BCUT2D eigenvalue weighted by molar-refractivity contribution is -0.119. The number of carbonyl (C=O) groups excluding carboxylic acids is 1. The number of hydrogen-bond acceptors (Lipinski definition) is 3. The summed E-state index contributed by atoms with van der Waals surface area (Å²) >= 11 is 0. The summed E-state index contributed by atoms with van der Waals surface area (Å²) in [5, 5.41) is 3.02. The second-order valence-electron chi connectivity index (χ2n) is 6.85. The van der Waals surface area contributed by atoms with Gasteiger partial charge in [-0.15, -0.1) is 6.58 Å². The van der Waals surface area contributed by atoms with Crippen molar-refractivity contribution >= 4 is 5.91 Å². The van der Waals surface area contributed by atoms with Gasteiger partial charge in [-0.25, -0.2) is 0 Å². The number of rotatable bonds is 7. The van der Waals surface area contributed by atoms with Crippen LogP contribution in [0.15, 0.2) is 30.9 Å². The summed E-state index contributed by atoms with van der Waals surface area (Å²) in [4.78, 5) is 13.6. The molecule has 2 rings (SSSR count). The second-order valence-corrected chi connectivity index (χ2v) is 6.85. The molecule has 0 atom stereocenters. The summed E-state index contributed by atoms with van der Waals surface area (Å²) in [6, 6.07) is 6.80. The van der Waals surface area contributed by atoms with Crippen molar-refractivity contribution in [3.63, 3.8) is 0 Å². The number of nitrogens with one attached hydrogen (secondary N) is 1. The Labute approximate surface area is 145 Å². The molecule has 0 unspecified atom stereocenters. The first-order chi connectivity index (χ1) is 11.5. The van der Waals surface area contributed by atoms with Gasteiger partial charge in [-0.2, -0.15) is 0 Å². The van der Waals surface area contributed by atoms with Gasteiger partial charge in [0.2, 0.25) is 5.91 Å². The molecule has 1 heterocycles. The van der Waals surface area contributed by atoms with Gasteiger partial charge in [-0.05, 0) is 50.3 Å². The Balaban J connectivity index is 1.96. The Morgan fingerprint density at radius 3 is 2.71 bits per heavy atom. The molecule has 0 aliphatic carbocycles. The Bertz CT molecular complexity index is 561. The molecule has 24 heavy (non-hydrogen) atoms. The van der Waals surface area contributed by atoms with Crippen LogP contribution in [0, 0.1) is 0 Å². The highest BCUT2D eigenvalue weighted by atomic mass is 16.5. The van der Waals surface area contributed by atoms with Gasteiger partial charge < -0.3 is 10.1 Å². The van der Waals surface area contributed by atoms with Crippen LogP contribution in [-0.4, -0.2) is 36.0 Å². The largest absolute Gasteiger partial charge is 0.491 e. The number of hydrogen-bond donors (Lipinski definition) is 1. The van der Waals surface area contributed by atoms with Crippen molar-refractivity contribution in [2.45, 2.75) is 58.7 Å². The molecule has 0 radical (unpaired) electrons. The van der Waals surface area contributed by atoms with Crippen LogP contribution in [0.3, 0.4) is 0 Å². The number of ether oxygens (including phenoxy) is 1. The number of piperidine rings is 1. The van der Waals surface area contributed by atoms with Crippen LogP contribution < -0.4 is 10.1 Å². The zero-order chi connectivity index (χ0) is 17.5. The molecule has 0 bridgehead atoms. The van der Waals surface area contributed by atoms with Crippen molar-refractivity contribution in [2.24, 2.45) is 0 Å². The van der Waals surface area contributed by atoms with Crippen LogP contribution in [0.1, 0.15) is 44.7 Å². The highest BCUT2D eigenvalue weighted by molar-refractivity contribution is 5.73. The van der Waals surface area contributed by atoms with E-state index in [-0.39, 0.29) is 12.0 Å². The van der Waals surface area contributed by atoms with E-state index in [9.17, 15) is 4.79 Å². The first-order valence-electron chi connectivity index (χ1n) is 8.86. The molecule has 1 fully saturated rings. The van der Waals surface area contributed by atoms with E-state index < -0.39 is 0 Å². The summed E-state index contributed by atoms with van der Waals surface area (Å²) in [5.74, 6) is 1.03. The maximum absolute atomic E-state index is 11.1. The molecule has 1 amide bonds. The van der Waals surface area contributed by atoms with Gasteiger partial charge in [0, 0.05) is 32.6 Å². The maximum Gasteiger partial charge on any atom is 0.217 e. The molecule has 0 spiro atoms. The first kappa shape index (κ1) is 18.5. The Morgan fingerprint density at radius 2 is 2.12 bits per heavy atom. The molecule has 1 aliphatic rings. The fourth-order valence-electron chi connectivity index (χ4n) is 3.20. The third-order valence-electron chi connectivity index (χ3n) is 4.25. The molecule has 4 nitrogen and oxygen atoms in total. The number of nitrogens with zero attached hydrogens (tertiary/aromatic N) is 1. The van der Waals surface area contributed by atoms with Crippen LogP contribution in [0.4, 0.5) is 0 Å². The number of amides is 1. The van der Waals surface area contributed by atoms with Crippen LogP contribution in [-0.2, 0) is 17.8 Å². The molecule has 4 heteroatoms. The highest BCUT2D eigenvalue weighted by Crippen LogP contribution is 2.24. The molecule has 1 aromatic carbocycles. The predicted octanol–water partition coefficient (Wildman–Crippen LogP) is 3.30. The van der Waals surface area contributed by atoms with E-state index in [0.29, 0.717) is 6.04 Å². The summed E-state index contributed by atoms with van der Waals surface area (Å²) in [6.45, 7) is 12.5. The van der Waals surface area contributed by atoms with Gasteiger partial charge in [-0.3, -0.25) is 9.69 Å². The minimum atomic E-state index is 0.0725. The third kappa shape index (κ3) is 5.68. The van der Waals surface area contributed by atoms with Crippen molar-refractivity contribution in [3.8, 4) is 5.75 Å². The Hall–Kier alpha value is -1.81. The molecule has 1 N–H and O–H groups in total. The van der Waals surface area contributed by atoms with E-state index in [2.05, 4.69) is 35.0 Å². The number of carbonyl (C=O) groups is 1. The fourth-order valence-corrected chi connectivity index (χ4v) is 3.20. The molecule has 0 aromatic heterocycles. The monoisotopic (exact) mass is 330 g/mol. The van der Waals surface area contributed by atoms with E-state index in [4.69, 9.17) is 4.74 Å². The highest BCUT2D eigenvalue weighted by Gasteiger charge is 2.20. The van der Waals surface area contributed by atoms with Gasteiger partial charge in [0.15, 0.2) is 0 Å². The van der Waals surface area contributed by atoms with E-state index in [0.717, 1.165) is 44.6 Å². The van der Waals surface area contributed by atoms with Crippen LogP contribution >= 0.6 is 0 Å². The Morgan fingerprint density at radius 1 is 1.42 bits per heavy atom. The first-order valence-corrected chi connectivity index (χ1v) is 8.86. The normalized spacial score (nSPS) is 16.2. The summed E-state index contributed by atoms with van der Waals surface area (Å²) < 4.78 is 5.89. The second kappa shape index (κ2) is 8.88. The van der Waals surface area contributed by atoms with Crippen molar-refractivity contribution in [2.75, 3.05) is 13.1 Å². The minimum absolute atomic E-state index is 0.0725. The maximum atomic E-state index is 11.1. The topological polar surface area (TPSA) is 41.6 Å². The van der Waals surface area contributed by atoms with Gasteiger partial charge in [0.25, 0.3) is 0 Å². The van der Waals surface area contributed by atoms with Crippen molar-refractivity contribution in [1.29, 1.82) is 0 Å². The predicted molar refractivity (Wildman–Crippen MR) is 98.2 cm³/mol. The summed E-state index contributed by atoms with van der Waals surface area (Å²) in [5.41, 5.74) is 2.50. The van der Waals surface area contributed by atoms with Gasteiger partial charge in [0.1, 0.15) is 5.75 Å². The van der Waals surface area contributed by atoms with Crippen LogP contribution in [0.25, 0.3) is 0 Å². The van der Waals surface area contributed by atoms with Crippen LogP contribution in [0.2, 0.25) is 0 Å². The molecular formula is C20H30N2O2. The van der Waals surface area contributed by atoms with Gasteiger partial charge >= 0.3 is 0 Å². The van der Waals surface area contributed by atoms with E-state index in [1.54, 1.807) is 6.92 Å². The summed E-state index contributed by atoms with van der Waals surface area (Å²) in [6.07, 6.45) is 4.96. The summed E-state index contributed by atoms with van der Waals surface area (Å²) in [7, 11) is 0. The van der Waals surface area contributed by atoms with Crippen molar-refractivity contribution in [3.05, 3.63) is 42.0 Å². The number of likely N-dealkylation sites (tertiary alicyclic amines) is 1. The lowest BCUT2D eigenvalue weighted by Gasteiger charge is -2.32.